The van der Waals surface area contributed by atoms with E-state index in [0.717, 1.165) is 69.0 Å². The molecule has 1 aromatic heterocycles. The molecule has 2 fully saturated rings. The lowest BCUT2D eigenvalue weighted by molar-refractivity contribution is -0.126. The number of piperidine rings is 1. The molecule has 33 heavy (non-hydrogen) atoms. The molecule has 2 aromatic rings. The van der Waals surface area contributed by atoms with Crippen molar-refractivity contribution in [1.82, 2.24) is 20.1 Å². The van der Waals surface area contributed by atoms with Gasteiger partial charge in [0.15, 0.2) is 0 Å². The van der Waals surface area contributed by atoms with Gasteiger partial charge in [-0.1, -0.05) is 30.5 Å². The van der Waals surface area contributed by atoms with Crippen molar-refractivity contribution >= 4 is 5.91 Å². The van der Waals surface area contributed by atoms with Crippen molar-refractivity contribution < 1.29 is 9.21 Å². The van der Waals surface area contributed by atoms with Crippen molar-refractivity contribution in [2.24, 2.45) is 5.92 Å². The van der Waals surface area contributed by atoms with Gasteiger partial charge in [0.2, 0.25) is 11.8 Å². The van der Waals surface area contributed by atoms with Crippen molar-refractivity contribution in [2.45, 2.75) is 65.3 Å². The smallest absolute Gasteiger partial charge is 0.226 e. The van der Waals surface area contributed by atoms with Gasteiger partial charge in [-0.25, -0.2) is 4.98 Å². The molecule has 0 spiro atoms. The van der Waals surface area contributed by atoms with E-state index < -0.39 is 0 Å². The molecular formula is C27H40N4O2. The van der Waals surface area contributed by atoms with Crippen molar-refractivity contribution in [1.29, 1.82) is 0 Å². The lowest BCUT2D eigenvalue weighted by Crippen LogP contribution is -2.41. The fourth-order valence-corrected chi connectivity index (χ4v) is 4.98. The first-order chi connectivity index (χ1) is 16.1. The lowest BCUT2D eigenvalue weighted by atomic mass is 9.95. The normalized spacial score (nSPS) is 18.8. The third-order valence-corrected chi connectivity index (χ3v) is 7.17. The molecule has 0 saturated carbocycles. The average molecular weight is 453 g/mol. The molecule has 3 heterocycles. The average Bonchev–Trinajstić information content (AvgIpc) is 3.01. The van der Waals surface area contributed by atoms with Crippen LogP contribution >= 0.6 is 0 Å². The number of nitrogens with one attached hydrogen (secondary N) is 1. The van der Waals surface area contributed by atoms with Gasteiger partial charge in [0.05, 0.1) is 5.69 Å². The minimum atomic E-state index is 0.140. The van der Waals surface area contributed by atoms with Crippen LogP contribution in [0, 0.1) is 19.8 Å². The summed E-state index contributed by atoms with van der Waals surface area (Å²) < 4.78 is 5.94. The summed E-state index contributed by atoms with van der Waals surface area (Å²) in [4.78, 5) is 22.4. The summed E-state index contributed by atoms with van der Waals surface area (Å²) in [5.74, 6) is 1.96. The quantitative estimate of drug-likeness (QED) is 0.595. The Labute approximate surface area is 198 Å². The van der Waals surface area contributed by atoms with Gasteiger partial charge in [0.25, 0.3) is 0 Å². The first kappa shape index (κ1) is 24.0. The molecule has 2 saturated heterocycles. The zero-order chi connectivity index (χ0) is 23.0. The molecule has 0 unspecified atom stereocenters. The molecule has 1 amide bonds. The maximum atomic E-state index is 12.6. The van der Waals surface area contributed by atoms with E-state index in [9.17, 15) is 4.79 Å². The fourth-order valence-electron chi connectivity index (χ4n) is 4.98. The Hall–Kier alpha value is -2.18. The standard InChI is InChI=1S/C27H40N4O2/c1-21-8-10-24(11-9-21)27-29-25(22(2)33-27)20-31-18-12-23(13-19-31)26(32)28-14-7-17-30-15-5-3-4-6-16-30/h8-11,23H,3-7,12-20H2,1-2H3,(H,28,32). The highest BCUT2D eigenvalue weighted by molar-refractivity contribution is 5.78. The number of hydrogen-bond donors (Lipinski definition) is 1. The molecule has 1 N–H and O–H groups in total. The molecule has 4 rings (SSSR count). The maximum absolute atomic E-state index is 12.6. The Morgan fingerprint density at radius 3 is 2.39 bits per heavy atom. The van der Waals surface area contributed by atoms with Gasteiger partial charge in [-0.2, -0.15) is 0 Å². The third kappa shape index (κ3) is 6.90. The molecule has 0 bridgehead atoms. The number of benzene rings is 1. The number of rotatable bonds is 8. The number of aryl methyl sites for hydroxylation is 2. The minimum Gasteiger partial charge on any atom is -0.441 e. The van der Waals surface area contributed by atoms with Crippen LogP contribution in [0.2, 0.25) is 0 Å². The monoisotopic (exact) mass is 452 g/mol. The van der Waals surface area contributed by atoms with E-state index in [1.807, 2.05) is 6.92 Å². The van der Waals surface area contributed by atoms with Crippen LogP contribution in [-0.2, 0) is 11.3 Å². The van der Waals surface area contributed by atoms with Crippen molar-refractivity contribution in [2.75, 3.05) is 39.3 Å². The largest absolute Gasteiger partial charge is 0.441 e. The van der Waals surface area contributed by atoms with Crippen LogP contribution in [0.1, 0.15) is 62.0 Å². The molecule has 2 aliphatic heterocycles. The van der Waals surface area contributed by atoms with Gasteiger partial charge in [-0.05, 0) is 90.8 Å². The SMILES string of the molecule is Cc1ccc(-c2nc(CN3CCC(C(=O)NCCCN4CCCCCC4)CC3)c(C)o2)cc1. The number of carbonyl (C=O) groups is 1. The van der Waals surface area contributed by atoms with Crippen LogP contribution in [0.4, 0.5) is 0 Å². The van der Waals surface area contributed by atoms with Gasteiger partial charge in [0, 0.05) is 24.6 Å². The molecule has 0 radical (unpaired) electrons. The molecule has 6 heteroatoms. The Morgan fingerprint density at radius 1 is 1.00 bits per heavy atom. The van der Waals surface area contributed by atoms with Crippen molar-refractivity contribution in [3.05, 3.63) is 41.3 Å². The summed E-state index contributed by atoms with van der Waals surface area (Å²) in [6, 6.07) is 8.28. The number of hydrogen-bond acceptors (Lipinski definition) is 5. The Balaban J connectivity index is 1.17. The number of likely N-dealkylation sites (tertiary alicyclic amines) is 2. The third-order valence-electron chi connectivity index (χ3n) is 7.17. The second kappa shape index (κ2) is 11.8. The van der Waals surface area contributed by atoms with Gasteiger partial charge in [-0.15, -0.1) is 0 Å². The number of amides is 1. The summed E-state index contributed by atoms with van der Waals surface area (Å²) in [5.41, 5.74) is 3.25. The molecule has 0 atom stereocenters. The lowest BCUT2D eigenvalue weighted by Gasteiger charge is -2.30. The van der Waals surface area contributed by atoms with E-state index in [1.165, 1.54) is 44.3 Å². The van der Waals surface area contributed by atoms with Gasteiger partial charge in [0.1, 0.15) is 5.76 Å². The highest BCUT2D eigenvalue weighted by Gasteiger charge is 2.26. The van der Waals surface area contributed by atoms with E-state index in [4.69, 9.17) is 9.40 Å². The topological polar surface area (TPSA) is 61.6 Å². The summed E-state index contributed by atoms with van der Waals surface area (Å²) in [7, 11) is 0. The molecule has 6 nitrogen and oxygen atoms in total. The van der Waals surface area contributed by atoms with Gasteiger partial charge in [-0.3, -0.25) is 9.69 Å². The zero-order valence-electron chi connectivity index (χ0n) is 20.4. The summed E-state index contributed by atoms with van der Waals surface area (Å²) >= 11 is 0. The predicted molar refractivity (Wildman–Crippen MR) is 132 cm³/mol. The molecule has 0 aliphatic carbocycles. The molecule has 180 valence electrons. The van der Waals surface area contributed by atoms with Gasteiger partial charge < -0.3 is 14.6 Å². The number of aromatic nitrogens is 1. The van der Waals surface area contributed by atoms with Gasteiger partial charge >= 0.3 is 0 Å². The van der Waals surface area contributed by atoms with E-state index >= 15 is 0 Å². The second-order valence-corrected chi connectivity index (χ2v) is 9.84. The summed E-state index contributed by atoms with van der Waals surface area (Å²) in [5, 5.41) is 3.20. The minimum absolute atomic E-state index is 0.140. The highest BCUT2D eigenvalue weighted by atomic mass is 16.4. The van der Waals surface area contributed by atoms with Crippen LogP contribution in [0.5, 0.6) is 0 Å². The molecule has 1 aromatic carbocycles. The van der Waals surface area contributed by atoms with Crippen LogP contribution in [0.15, 0.2) is 28.7 Å². The number of carbonyl (C=O) groups excluding carboxylic acids is 1. The van der Waals surface area contributed by atoms with E-state index in [2.05, 4.69) is 46.3 Å². The summed E-state index contributed by atoms with van der Waals surface area (Å²) in [6.45, 7) is 11.1. The highest BCUT2D eigenvalue weighted by Crippen LogP contribution is 2.25. The number of nitrogens with zero attached hydrogens (tertiary/aromatic N) is 3. The van der Waals surface area contributed by atoms with E-state index in [0.29, 0.717) is 5.89 Å². The number of oxazole rings is 1. The van der Waals surface area contributed by atoms with Crippen molar-refractivity contribution in [3.63, 3.8) is 0 Å². The fraction of sp³-hybridized carbons (Fsp3) is 0.630. The molecular weight excluding hydrogens is 412 g/mol. The van der Waals surface area contributed by atoms with Crippen LogP contribution < -0.4 is 5.32 Å². The first-order valence-electron chi connectivity index (χ1n) is 12.8. The molecule has 2 aliphatic rings. The second-order valence-electron chi connectivity index (χ2n) is 9.84. The van der Waals surface area contributed by atoms with E-state index in [1.54, 1.807) is 0 Å². The predicted octanol–water partition coefficient (Wildman–Crippen LogP) is 4.55. The zero-order valence-corrected chi connectivity index (χ0v) is 20.4. The Kier molecular flexibility index (Phi) is 8.57. The van der Waals surface area contributed by atoms with Crippen LogP contribution in [-0.4, -0.2) is 60.0 Å². The maximum Gasteiger partial charge on any atom is 0.226 e. The Bertz CT molecular complexity index is 876. The van der Waals surface area contributed by atoms with E-state index in [-0.39, 0.29) is 11.8 Å². The van der Waals surface area contributed by atoms with Crippen LogP contribution in [0.3, 0.4) is 0 Å². The van der Waals surface area contributed by atoms with Crippen LogP contribution in [0.25, 0.3) is 11.5 Å². The Morgan fingerprint density at radius 2 is 1.70 bits per heavy atom. The summed E-state index contributed by atoms with van der Waals surface area (Å²) in [6.07, 6.45) is 8.28. The van der Waals surface area contributed by atoms with Crippen molar-refractivity contribution in [3.8, 4) is 11.5 Å². The first-order valence-corrected chi connectivity index (χ1v) is 12.8.